The highest BCUT2D eigenvalue weighted by Gasteiger charge is 2.17. The van der Waals surface area contributed by atoms with Crippen molar-refractivity contribution in [2.24, 2.45) is 0 Å². The Morgan fingerprint density at radius 3 is 2.38 bits per heavy atom. The second-order valence-electron chi connectivity index (χ2n) is 6.79. The molecule has 0 atom stereocenters. The van der Waals surface area contributed by atoms with Crippen molar-refractivity contribution in [2.45, 2.75) is 24.7 Å². The van der Waals surface area contributed by atoms with Gasteiger partial charge in [-0.2, -0.15) is 0 Å². The molecule has 3 aromatic carbocycles. The Kier molecular flexibility index (Phi) is 6.67. The largest absolute Gasteiger partial charge is 0.352 e. The molecular formula is C23H24N2O3S. The van der Waals surface area contributed by atoms with E-state index in [9.17, 15) is 13.2 Å². The van der Waals surface area contributed by atoms with E-state index < -0.39 is 10.0 Å². The highest BCUT2D eigenvalue weighted by atomic mass is 32.2. The molecular weight excluding hydrogens is 384 g/mol. The van der Waals surface area contributed by atoms with E-state index in [2.05, 4.69) is 22.2 Å². The van der Waals surface area contributed by atoms with Crippen LogP contribution in [-0.4, -0.2) is 20.9 Å². The van der Waals surface area contributed by atoms with Gasteiger partial charge in [0.2, 0.25) is 0 Å². The fourth-order valence-electron chi connectivity index (χ4n) is 2.94. The summed E-state index contributed by atoms with van der Waals surface area (Å²) in [6, 6.07) is 23.3. The lowest BCUT2D eigenvalue weighted by Gasteiger charge is -2.11. The SMILES string of the molecule is Cc1ccccc1NS(=O)(=O)c1cccc(C(=O)NCCCc2ccccc2)c1. The average Bonchev–Trinajstić information content (AvgIpc) is 2.73. The third-order valence-corrected chi connectivity index (χ3v) is 5.93. The van der Waals surface area contributed by atoms with E-state index in [-0.39, 0.29) is 10.8 Å². The molecule has 1 amide bonds. The number of carbonyl (C=O) groups excluding carboxylic acids is 1. The molecule has 0 heterocycles. The lowest BCUT2D eigenvalue weighted by atomic mass is 10.1. The molecule has 150 valence electrons. The van der Waals surface area contributed by atoms with E-state index in [1.54, 1.807) is 24.3 Å². The molecule has 0 aliphatic carbocycles. The molecule has 29 heavy (non-hydrogen) atoms. The van der Waals surface area contributed by atoms with Crippen LogP contribution in [0.1, 0.15) is 27.9 Å². The van der Waals surface area contributed by atoms with Gasteiger partial charge in [-0.15, -0.1) is 0 Å². The van der Waals surface area contributed by atoms with Crippen molar-refractivity contribution in [3.8, 4) is 0 Å². The van der Waals surface area contributed by atoms with Crippen molar-refractivity contribution in [1.29, 1.82) is 0 Å². The zero-order valence-electron chi connectivity index (χ0n) is 16.3. The fourth-order valence-corrected chi connectivity index (χ4v) is 4.11. The van der Waals surface area contributed by atoms with Crippen molar-refractivity contribution >= 4 is 21.6 Å². The molecule has 0 unspecified atom stereocenters. The predicted molar refractivity (Wildman–Crippen MR) is 116 cm³/mol. The van der Waals surface area contributed by atoms with Crippen LogP contribution in [0.2, 0.25) is 0 Å². The van der Waals surface area contributed by atoms with Crippen LogP contribution in [0.5, 0.6) is 0 Å². The van der Waals surface area contributed by atoms with E-state index in [1.165, 1.54) is 17.7 Å². The maximum Gasteiger partial charge on any atom is 0.261 e. The molecule has 0 fully saturated rings. The average molecular weight is 409 g/mol. The number of anilines is 1. The second-order valence-corrected chi connectivity index (χ2v) is 8.48. The van der Waals surface area contributed by atoms with Gasteiger partial charge in [-0.25, -0.2) is 8.42 Å². The maximum absolute atomic E-state index is 12.7. The molecule has 0 radical (unpaired) electrons. The molecule has 3 aromatic rings. The topological polar surface area (TPSA) is 75.3 Å². The minimum absolute atomic E-state index is 0.0534. The van der Waals surface area contributed by atoms with Crippen LogP contribution in [0, 0.1) is 6.92 Å². The lowest BCUT2D eigenvalue weighted by Crippen LogP contribution is -2.25. The van der Waals surface area contributed by atoms with Crippen molar-refractivity contribution in [1.82, 2.24) is 5.32 Å². The molecule has 2 N–H and O–H groups in total. The zero-order valence-corrected chi connectivity index (χ0v) is 17.1. The molecule has 0 aliphatic heterocycles. The Labute approximate surface area is 171 Å². The number of amides is 1. The summed E-state index contributed by atoms with van der Waals surface area (Å²) in [5.74, 6) is -0.286. The molecule has 5 nitrogen and oxygen atoms in total. The summed E-state index contributed by atoms with van der Waals surface area (Å²) in [6.45, 7) is 2.35. The quantitative estimate of drug-likeness (QED) is 0.550. The van der Waals surface area contributed by atoms with Gasteiger partial charge in [-0.3, -0.25) is 9.52 Å². The molecule has 0 saturated heterocycles. The van der Waals surface area contributed by atoms with Crippen molar-refractivity contribution in [3.05, 3.63) is 95.6 Å². The van der Waals surface area contributed by atoms with Crippen molar-refractivity contribution in [2.75, 3.05) is 11.3 Å². The number of hydrogen-bond acceptors (Lipinski definition) is 3. The highest BCUT2D eigenvalue weighted by Crippen LogP contribution is 2.20. The van der Waals surface area contributed by atoms with E-state index >= 15 is 0 Å². The van der Waals surface area contributed by atoms with Crippen LogP contribution in [0.3, 0.4) is 0 Å². The van der Waals surface area contributed by atoms with Crippen molar-refractivity contribution < 1.29 is 13.2 Å². The molecule has 3 rings (SSSR count). The number of carbonyl (C=O) groups is 1. The summed E-state index contributed by atoms with van der Waals surface area (Å²) in [4.78, 5) is 12.5. The van der Waals surface area contributed by atoms with Crippen LogP contribution in [0.15, 0.2) is 83.8 Å². The number of hydrogen-bond donors (Lipinski definition) is 2. The van der Waals surface area contributed by atoms with Crippen LogP contribution >= 0.6 is 0 Å². The van der Waals surface area contributed by atoms with E-state index in [0.29, 0.717) is 17.8 Å². The van der Waals surface area contributed by atoms with Gasteiger partial charge in [0.05, 0.1) is 10.6 Å². The van der Waals surface area contributed by atoms with Gasteiger partial charge >= 0.3 is 0 Å². The Bertz CT molecular complexity index is 1080. The van der Waals surface area contributed by atoms with Gasteiger partial charge in [0.25, 0.3) is 15.9 Å². The maximum atomic E-state index is 12.7. The summed E-state index contributed by atoms with van der Waals surface area (Å²) in [6.07, 6.45) is 1.68. The molecule has 6 heteroatoms. The fraction of sp³-hybridized carbons (Fsp3) is 0.174. The van der Waals surface area contributed by atoms with Gasteiger partial charge in [0.1, 0.15) is 0 Å². The summed E-state index contributed by atoms with van der Waals surface area (Å²) in [7, 11) is -3.78. The number of sulfonamides is 1. The van der Waals surface area contributed by atoms with Gasteiger partial charge in [0.15, 0.2) is 0 Å². The minimum Gasteiger partial charge on any atom is -0.352 e. The van der Waals surface area contributed by atoms with E-state index in [0.717, 1.165) is 18.4 Å². The first-order valence-electron chi connectivity index (χ1n) is 9.46. The highest BCUT2D eigenvalue weighted by molar-refractivity contribution is 7.92. The monoisotopic (exact) mass is 408 g/mol. The summed E-state index contributed by atoms with van der Waals surface area (Å²) >= 11 is 0. The molecule has 0 aliphatic rings. The van der Waals surface area contributed by atoms with Crippen LogP contribution < -0.4 is 10.0 Å². The number of rotatable bonds is 8. The molecule has 0 saturated carbocycles. The first-order valence-corrected chi connectivity index (χ1v) is 10.9. The Balaban J connectivity index is 1.62. The normalized spacial score (nSPS) is 11.1. The first-order chi connectivity index (χ1) is 14.0. The number of benzene rings is 3. The third kappa shape index (κ3) is 5.68. The van der Waals surface area contributed by atoms with Gasteiger partial charge in [-0.05, 0) is 55.2 Å². The van der Waals surface area contributed by atoms with Crippen LogP contribution in [0.4, 0.5) is 5.69 Å². The number of para-hydroxylation sites is 1. The molecule has 0 spiro atoms. The Hall–Kier alpha value is -3.12. The lowest BCUT2D eigenvalue weighted by molar-refractivity contribution is 0.0953. The summed E-state index contributed by atoms with van der Waals surface area (Å²) < 4.78 is 28.0. The van der Waals surface area contributed by atoms with Gasteiger partial charge in [0, 0.05) is 12.1 Å². The van der Waals surface area contributed by atoms with Crippen molar-refractivity contribution in [3.63, 3.8) is 0 Å². The third-order valence-electron chi connectivity index (χ3n) is 4.57. The Morgan fingerprint density at radius 1 is 0.897 bits per heavy atom. The first kappa shape index (κ1) is 20.6. The van der Waals surface area contributed by atoms with E-state index in [4.69, 9.17) is 0 Å². The molecule has 0 bridgehead atoms. The smallest absolute Gasteiger partial charge is 0.261 e. The summed E-state index contributed by atoms with van der Waals surface area (Å²) in [5.41, 5.74) is 2.88. The number of aryl methyl sites for hydroxylation is 2. The summed E-state index contributed by atoms with van der Waals surface area (Å²) in [5, 5.41) is 2.85. The number of nitrogens with one attached hydrogen (secondary N) is 2. The minimum atomic E-state index is -3.78. The van der Waals surface area contributed by atoms with Crippen LogP contribution in [0.25, 0.3) is 0 Å². The zero-order chi connectivity index (χ0) is 20.7. The Morgan fingerprint density at radius 2 is 1.62 bits per heavy atom. The van der Waals surface area contributed by atoms with E-state index in [1.807, 2.05) is 37.3 Å². The standard InChI is InChI=1S/C23H24N2O3S/c1-18-9-5-6-15-22(18)25-29(27,28)21-14-7-13-20(17-21)23(26)24-16-8-12-19-10-3-2-4-11-19/h2-7,9-11,13-15,17,25H,8,12,16H2,1H3,(H,24,26). The van der Waals surface area contributed by atoms with Crippen LogP contribution in [-0.2, 0) is 16.4 Å². The molecule has 0 aromatic heterocycles. The predicted octanol–water partition coefficient (Wildman–Crippen LogP) is 4.16. The second kappa shape index (κ2) is 9.39. The van der Waals surface area contributed by atoms with Gasteiger partial charge < -0.3 is 5.32 Å². The van der Waals surface area contributed by atoms with Gasteiger partial charge in [-0.1, -0.05) is 54.6 Å².